The van der Waals surface area contributed by atoms with Gasteiger partial charge in [0.2, 0.25) is 5.91 Å². The van der Waals surface area contributed by atoms with Crippen LogP contribution in [0.15, 0.2) is 0 Å². The van der Waals surface area contributed by atoms with E-state index in [-0.39, 0.29) is 13.2 Å². The molecule has 1 amide bonds. The first-order chi connectivity index (χ1) is 10.6. The Balaban J connectivity index is 4.35. The lowest BCUT2D eigenvalue weighted by Gasteiger charge is -2.29. The fourth-order valence-corrected chi connectivity index (χ4v) is 2.95. The number of carbonyl (C=O) groups is 1. The Morgan fingerprint density at radius 3 is 2.39 bits per heavy atom. The number of aliphatic hydroxyl groups is 1. The largest absolute Gasteiger partial charge is 0.472 e. The molecule has 138 valence electrons. The van der Waals surface area contributed by atoms with Crippen molar-refractivity contribution in [2.45, 2.75) is 60.0 Å². The summed E-state index contributed by atoms with van der Waals surface area (Å²) < 4.78 is 20.9. The van der Waals surface area contributed by atoms with Crippen LogP contribution >= 0.6 is 7.82 Å². The van der Waals surface area contributed by atoms with Crippen LogP contribution in [-0.2, 0) is 18.4 Å². The summed E-state index contributed by atoms with van der Waals surface area (Å²) in [6.07, 6.45) is 1.70. The molecule has 0 rings (SSSR count). The van der Waals surface area contributed by atoms with Crippen molar-refractivity contribution in [2.75, 3.05) is 19.8 Å². The highest BCUT2D eigenvalue weighted by Gasteiger charge is 2.36. The van der Waals surface area contributed by atoms with Crippen LogP contribution in [0.1, 0.15) is 53.9 Å². The van der Waals surface area contributed by atoms with Gasteiger partial charge in [0.15, 0.2) is 0 Å². The van der Waals surface area contributed by atoms with Crippen LogP contribution in [-0.4, -0.2) is 41.8 Å². The van der Waals surface area contributed by atoms with E-state index in [2.05, 4.69) is 23.7 Å². The fourth-order valence-electron chi connectivity index (χ4n) is 2.06. The molecule has 0 heterocycles. The maximum absolute atomic E-state index is 12.0. The zero-order valence-corrected chi connectivity index (χ0v) is 15.8. The van der Waals surface area contributed by atoms with E-state index in [0.29, 0.717) is 12.5 Å². The van der Waals surface area contributed by atoms with Gasteiger partial charge in [-0.1, -0.05) is 40.5 Å². The number of rotatable bonds is 12. The molecule has 0 bridgehead atoms. The van der Waals surface area contributed by atoms with E-state index >= 15 is 0 Å². The Morgan fingerprint density at radius 2 is 1.87 bits per heavy atom. The van der Waals surface area contributed by atoms with Gasteiger partial charge in [0.05, 0.1) is 13.2 Å². The first-order valence-electron chi connectivity index (χ1n) is 8.13. The minimum Gasteiger partial charge on any atom is -0.383 e. The summed E-state index contributed by atoms with van der Waals surface area (Å²) in [5.41, 5.74) is -1.02. The second kappa shape index (κ2) is 10.4. The maximum atomic E-state index is 12.0. The molecule has 8 heteroatoms. The van der Waals surface area contributed by atoms with E-state index in [1.54, 1.807) is 20.8 Å². The Hall–Kier alpha value is -0.460. The second-order valence-electron chi connectivity index (χ2n) is 6.52. The Bertz CT molecular complexity index is 401. The van der Waals surface area contributed by atoms with Gasteiger partial charge in [0.1, 0.15) is 6.10 Å². The van der Waals surface area contributed by atoms with Crippen molar-refractivity contribution < 1.29 is 28.4 Å². The zero-order chi connectivity index (χ0) is 18.1. The standard InChI is InChI=1S/C15H32NO6P/c1-6-8-12(3)9-10-16-14(18)13(17)15(4,5)11-22-23(19,20)21-7-2/h12-13,17H,6-11H2,1-5H3,(H,16,18)(H,19,20). The molecule has 0 aromatic rings. The number of phosphoric ester groups is 1. The van der Waals surface area contributed by atoms with Gasteiger partial charge < -0.3 is 15.3 Å². The predicted molar refractivity (Wildman–Crippen MR) is 88.9 cm³/mol. The number of aliphatic hydroxyl groups excluding tert-OH is 1. The van der Waals surface area contributed by atoms with Gasteiger partial charge in [0, 0.05) is 12.0 Å². The smallest absolute Gasteiger partial charge is 0.383 e. The van der Waals surface area contributed by atoms with Crippen LogP contribution in [0.5, 0.6) is 0 Å². The molecular weight excluding hydrogens is 321 g/mol. The average Bonchev–Trinajstić information content (AvgIpc) is 2.44. The average molecular weight is 353 g/mol. The van der Waals surface area contributed by atoms with E-state index in [0.717, 1.165) is 19.3 Å². The highest BCUT2D eigenvalue weighted by Crippen LogP contribution is 2.44. The second-order valence-corrected chi connectivity index (χ2v) is 7.98. The van der Waals surface area contributed by atoms with Gasteiger partial charge in [-0.2, -0.15) is 0 Å². The fraction of sp³-hybridized carbons (Fsp3) is 0.933. The SMILES string of the molecule is CCCC(C)CCNC(=O)C(O)C(C)(C)COP(=O)(O)OCC. The number of hydrogen-bond acceptors (Lipinski definition) is 5. The van der Waals surface area contributed by atoms with Crippen molar-refractivity contribution >= 4 is 13.7 Å². The van der Waals surface area contributed by atoms with Crippen molar-refractivity contribution in [2.24, 2.45) is 11.3 Å². The molecule has 0 fully saturated rings. The Kier molecular flexibility index (Phi) is 10.2. The predicted octanol–water partition coefficient (Wildman–Crippen LogP) is 2.47. The van der Waals surface area contributed by atoms with Crippen molar-refractivity contribution in [3.05, 3.63) is 0 Å². The number of phosphoric acid groups is 1. The van der Waals surface area contributed by atoms with Gasteiger partial charge in [-0.15, -0.1) is 0 Å². The van der Waals surface area contributed by atoms with Crippen LogP contribution in [0.2, 0.25) is 0 Å². The minimum absolute atomic E-state index is 0.0349. The molecule has 0 aliphatic heterocycles. The van der Waals surface area contributed by atoms with E-state index < -0.39 is 25.2 Å². The first kappa shape index (κ1) is 22.5. The highest BCUT2D eigenvalue weighted by atomic mass is 31.2. The van der Waals surface area contributed by atoms with Gasteiger partial charge in [-0.05, 0) is 19.3 Å². The van der Waals surface area contributed by atoms with Crippen molar-refractivity contribution in [3.63, 3.8) is 0 Å². The van der Waals surface area contributed by atoms with Gasteiger partial charge in [0.25, 0.3) is 0 Å². The third kappa shape index (κ3) is 9.42. The molecule has 0 aromatic carbocycles. The van der Waals surface area contributed by atoms with Crippen LogP contribution in [0, 0.1) is 11.3 Å². The molecule has 23 heavy (non-hydrogen) atoms. The van der Waals surface area contributed by atoms with Crippen LogP contribution < -0.4 is 5.32 Å². The summed E-state index contributed by atoms with van der Waals surface area (Å²) in [4.78, 5) is 21.4. The summed E-state index contributed by atoms with van der Waals surface area (Å²) in [5, 5.41) is 12.8. The molecule has 3 N–H and O–H groups in total. The molecular formula is C15H32NO6P. The number of hydrogen-bond donors (Lipinski definition) is 3. The summed E-state index contributed by atoms with van der Waals surface area (Å²) >= 11 is 0. The molecule has 0 radical (unpaired) electrons. The molecule has 3 unspecified atom stereocenters. The van der Waals surface area contributed by atoms with E-state index in [1.165, 1.54) is 0 Å². The molecule has 0 aliphatic carbocycles. The molecule has 0 aromatic heterocycles. The molecule has 0 spiro atoms. The van der Waals surface area contributed by atoms with Gasteiger partial charge >= 0.3 is 7.82 Å². The normalized spacial score (nSPS) is 17.3. The van der Waals surface area contributed by atoms with Gasteiger partial charge in [-0.3, -0.25) is 13.8 Å². The first-order valence-corrected chi connectivity index (χ1v) is 9.63. The Labute approximate surface area is 139 Å². The number of nitrogens with one attached hydrogen (secondary N) is 1. The maximum Gasteiger partial charge on any atom is 0.472 e. The topological polar surface area (TPSA) is 105 Å². The molecule has 0 saturated heterocycles. The van der Waals surface area contributed by atoms with Crippen LogP contribution in [0.4, 0.5) is 0 Å². The van der Waals surface area contributed by atoms with E-state index in [4.69, 9.17) is 4.52 Å². The van der Waals surface area contributed by atoms with E-state index in [9.17, 15) is 19.4 Å². The van der Waals surface area contributed by atoms with Crippen LogP contribution in [0.3, 0.4) is 0 Å². The summed E-state index contributed by atoms with van der Waals surface area (Å²) in [5.74, 6) is 0.00623. The lowest BCUT2D eigenvalue weighted by Crippen LogP contribution is -2.46. The van der Waals surface area contributed by atoms with Crippen LogP contribution in [0.25, 0.3) is 0 Å². The Morgan fingerprint density at radius 1 is 1.26 bits per heavy atom. The quantitative estimate of drug-likeness (QED) is 0.466. The molecule has 7 nitrogen and oxygen atoms in total. The summed E-state index contributed by atoms with van der Waals surface area (Å²) in [7, 11) is -4.14. The summed E-state index contributed by atoms with van der Waals surface area (Å²) in [6, 6.07) is 0. The monoisotopic (exact) mass is 353 g/mol. The number of amides is 1. The minimum atomic E-state index is -4.14. The number of carbonyl (C=O) groups excluding carboxylic acids is 1. The molecule has 0 aliphatic rings. The van der Waals surface area contributed by atoms with Crippen molar-refractivity contribution in [1.82, 2.24) is 5.32 Å². The lowest BCUT2D eigenvalue weighted by molar-refractivity contribution is -0.137. The van der Waals surface area contributed by atoms with Crippen molar-refractivity contribution in [3.8, 4) is 0 Å². The zero-order valence-electron chi connectivity index (χ0n) is 14.9. The third-order valence-corrected chi connectivity index (χ3v) is 4.64. The molecule has 0 saturated carbocycles. The highest BCUT2D eigenvalue weighted by molar-refractivity contribution is 7.47. The van der Waals surface area contributed by atoms with Gasteiger partial charge in [-0.25, -0.2) is 4.57 Å². The van der Waals surface area contributed by atoms with Crippen molar-refractivity contribution in [1.29, 1.82) is 0 Å². The summed E-state index contributed by atoms with van der Waals surface area (Å²) in [6.45, 7) is 9.23. The third-order valence-electron chi connectivity index (χ3n) is 3.60. The van der Waals surface area contributed by atoms with E-state index in [1.807, 2.05) is 0 Å². The lowest BCUT2D eigenvalue weighted by atomic mass is 9.87. The molecule has 3 atom stereocenters.